The van der Waals surface area contributed by atoms with E-state index < -0.39 is 4.92 Å². The predicted octanol–water partition coefficient (Wildman–Crippen LogP) is 3.99. The normalized spacial score (nSPS) is 16.6. The fourth-order valence-electron chi connectivity index (χ4n) is 4.19. The van der Waals surface area contributed by atoms with Crippen LogP contribution in [0, 0.1) is 15.9 Å². The Labute approximate surface area is 192 Å². The van der Waals surface area contributed by atoms with Gasteiger partial charge in [-0.05, 0) is 56.0 Å². The Morgan fingerprint density at radius 3 is 2.45 bits per heavy atom. The Hall–Kier alpha value is -3.52. The van der Waals surface area contributed by atoms with Crippen LogP contribution in [-0.2, 0) is 4.79 Å². The SMILES string of the molecule is CCN1CC(C(=O)C=Cc2ccc([N+](=O)[O-])cc2)=Cc2cc(F)c(N3CCN(C)CC3)cc21. The number of rotatable bonds is 6. The van der Waals surface area contributed by atoms with Gasteiger partial charge in [0, 0.05) is 68.2 Å². The van der Waals surface area contributed by atoms with Crippen LogP contribution in [0.25, 0.3) is 12.2 Å². The van der Waals surface area contributed by atoms with Gasteiger partial charge in [-0.1, -0.05) is 6.08 Å². The first kappa shape index (κ1) is 22.7. The van der Waals surface area contributed by atoms with E-state index in [0.717, 1.165) is 31.9 Å². The highest BCUT2D eigenvalue weighted by atomic mass is 19.1. The molecular formula is C25H27FN4O3. The minimum atomic E-state index is -0.462. The second kappa shape index (κ2) is 9.54. The lowest BCUT2D eigenvalue weighted by molar-refractivity contribution is -0.384. The van der Waals surface area contributed by atoms with Crippen molar-refractivity contribution in [3.8, 4) is 0 Å². The number of hydrogen-bond acceptors (Lipinski definition) is 6. The van der Waals surface area contributed by atoms with Crippen molar-refractivity contribution >= 4 is 35.0 Å². The number of anilines is 2. The van der Waals surface area contributed by atoms with Gasteiger partial charge in [-0.3, -0.25) is 14.9 Å². The fourth-order valence-corrected chi connectivity index (χ4v) is 4.19. The van der Waals surface area contributed by atoms with E-state index in [9.17, 15) is 14.9 Å². The Morgan fingerprint density at radius 2 is 1.82 bits per heavy atom. The number of benzene rings is 2. The quantitative estimate of drug-likeness (QED) is 0.377. The highest BCUT2D eigenvalue weighted by molar-refractivity contribution is 6.11. The molecule has 2 heterocycles. The van der Waals surface area contributed by atoms with E-state index in [1.165, 1.54) is 24.3 Å². The van der Waals surface area contributed by atoms with Crippen LogP contribution in [0.15, 0.2) is 48.0 Å². The van der Waals surface area contributed by atoms with Gasteiger partial charge in [-0.25, -0.2) is 4.39 Å². The van der Waals surface area contributed by atoms with Crippen LogP contribution in [0.3, 0.4) is 0 Å². The Bertz CT molecular complexity index is 1120. The maximum atomic E-state index is 15.0. The predicted molar refractivity (Wildman–Crippen MR) is 129 cm³/mol. The number of piperazine rings is 1. The number of hydrogen-bond donors (Lipinski definition) is 0. The van der Waals surface area contributed by atoms with Crippen molar-refractivity contribution in [3.05, 3.63) is 75.1 Å². The van der Waals surface area contributed by atoms with E-state index in [-0.39, 0.29) is 17.3 Å². The van der Waals surface area contributed by atoms with E-state index in [1.54, 1.807) is 24.3 Å². The van der Waals surface area contributed by atoms with Gasteiger partial charge in [0.1, 0.15) is 5.82 Å². The number of allylic oxidation sites excluding steroid dienone is 1. The highest BCUT2D eigenvalue weighted by Gasteiger charge is 2.24. The average Bonchev–Trinajstić information content (AvgIpc) is 2.82. The Balaban J connectivity index is 1.56. The average molecular weight is 451 g/mol. The lowest BCUT2D eigenvalue weighted by Gasteiger charge is -2.36. The topological polar surface area (TPSA) is 69.9 Å². The van der Waals surface area contributed by atoms with Crippen molar-refractivity contribution < 1.29 is 14.1 Å². The van der Waals surface area contributed by atoms with Crippen molar-refractivity contribution in [2.75, 3.05) is 56.1 Å². The molecule has 2 aliphatic heterocycles. The summed E-state index contributed by atoms with van der Waals surface area (Å²) in [6.07, 6.45) is 4.86. The second-order valence-electron chi connectivity index (χ2n) is 8.38. The monoisotopic (exact) mass is 450 g/mol. The summed E-state index contributed by atoms with van der Waals surface area (Å²) in [6, 6.07) is 9.43. The maximum absolute atomic E-state index is 15.0. The Kier molecular flexibility index (Phi) is 6.55. The van der Waals surface area contributed by atoms with Crippen molar-refractivity contribution in [2.24, 2.45) is 0 Å². The third-order valence-electron chi connectivity index (χ3n) is 6.20. The number of fused-ring (bicyclic) bond motifs is 1. The van der Waals surface area contributed by atoms with Gasteiger partial charge >= 0.3 is 0 Å². The standard InChI is InChI=1S/C25H27FN4O3/c1-3-28-17-20(25(31)9-6-18-4-7-21(8-5-18)30(32)33)14-19-15-22(26)24(16-23(19)28)29-12-10-27(2)11-13-29/h4-9,14-16H,3,10-13,17H2,1-2H3. The molecule has 0 amide bonds. The fraction of sp³-hybridized carbons (Fsp3) is 0.320. The van der Waals surface area contributed by atoms with Crippen LogP contribution in [0.4, 0.5) is 21.5 Å². The van der Waals surface area contributed by atoms with Crippen molar-refractivity contribution in [2.45, 2.75) is 6.92 Å². The number of likely N-dealkylation sites (N-methyl/N-ethyl adjacent to an activating group) is 2. The van der Waals surface area contributed by atoms with Gasteiger partial charge in [0.05, 0.1) is 10.6 Å². The molecule has 0 spiro atoms. The van der Waals surface area contributed by atoms with Crippen LogP contribution in [0.2, 0.25) is 0 Å². The number of carbonyl (C=O) groups excluding carboxylic acids is 1. The van der Waals surface area contributed by atoms with Crippen molar-refractivity contribution in [1.82, 2.24) is 4.90 Å². The van der Waals surface area contributed by atoms with E-state index in [4.69, 9.17) is 0 Å². The molecule has 0 radical (unpaired) electrons. The molecule has 0 bridgehead atoms. The molecule has 33 heavy (non-hydrogen) atoms. The summed E-state index contributed by atoms with van der Waals surface area (Å²) in [5, 5.41) is 10.8. The van der Waals surface area contributed by atoms with Crippen LogP contribution in [0.1, 0.15) is 18.1 Å². The maximum Gasteiger partial charge on any atom is 0.269 e. The number of nitro benzene ring substituents is 1. The third kappa shape index (κ3) is 4.96. The molecule has 1 fully saturated rings. The summed E-state index contributed by atoms with van der Waals surface area (Å²) < 4.78 is 15.0. The van der Waals surface area contributed by atoms with E-state index in [0.29, 0.717) is 35.5 Å². The van der Waals surface area contributed by atoms with Gasteiger partial charge in [0.25, 0.3) is 5.69 Å². The molecule has 0 saturated carbocycles. The van der Waals surface area contributed by atoms with Gasteiger partial charge in [-0.2, -0.15) is 0 Å². The molecule has 2 aromatic carbocycles. The van der Waals surface area contributed by atoms with Gasteiger partial charge in [-0.15, -0.1) is 0 Å². The molecule has 2 aromatic rings. The lowest BCUT2D eigenvalue weighted by atomic mass is 9.98. The number of ketones is 1. The summed E-state index contributed by atoms with van der Waals surface area (Å²) in [5.41, 5.74) is 3.52. The molecule has 7 nitrogen and oxygen atoms in total. The molecule has 0 aliphatic carbocycles. The number of halogens is 1. The van der Waals surface area contributed by atoms with Crippen LogP contribution >= 0.6 is 0 Å². The zero-order chi connectivity index (χ0) is 23.5. The van der Waals surface area contributed by atoms with Crippen LogP contribution in [0.5, 0.6) is 0 Å². The molecule has 0 atom stereocenters. The molecular weight excluding hydrogens is 423 g/mol. The lowest BCUT2D eigenvalue weighted by Crippen LogP contribution is -2.45. The first-order chi connectivity index (χ1) is 15.9. The molecule has 0 N–H and O–H groups in total. The van der Waals surface area contributed by atoms with Crippen molar-refractivity contribution in [1.29, 1.82) is 0 Å². The van der Waals surface area contributed by atoms with Crippen LogP contribution < -0.4 is 9.80 Å². The zero-order valence-corrected chi connectivity index (χ0v) is 18.8. The number of non-ortho nitro benzene ring substituents is 1. The Morgan fingerprint density at radius 1 is 1.12 bits per heavy atom. The molecule has 2 aliphatic rings. The minimum absolute atomic E-state index is 0.00151. The van der Waals surface area contributed by atoms with E-state index >= 15 is 4.39 Å². The summed E-state index contributed by atoms with van der Waals surface area (Å²) in [7, 11) is 2.07. The largest absolute Gasteiger partial charge is 0.367 e. The van der Waals surface area contributed by atoms with Gasteiger partial charge in [0.2, 0.25) is 0 Å². The summed E-state index contributed by atoms with van der Waals surface area (Å²) in [6.45, 7) is 6.51. The zero-order valence-electron chi connectivity index (χ0n) is 18.8. The van der Waals surface area contributed by atoms with Gasteiger partial charge < -0.3 is 14.7 Å². The smallest absolute Gasteiger partial charge is 0.269 e. The summed E-state index contributed by atoms with van der Waals surface area (Å²) >= 11 is 0. The first-order valence-electron chi connectivity index (χ1n) is 11.0. The molecule has 172 valence electrons. The molecule has 0 aromatic heterocycles. The number of carbonyl (C=O) groups is 1. The third-order valence-corrected chi connectivity index (χ3v) is 6.20. The molecule has 8 heteroatoms. The first-order valence-corrected chi connectivity index (χ1v) is 11.0. The van der Waals surface area contributed by atoms with Crippen LogP contribution in [-0.4, -0.2) is 61.9 Å². The molecule has 0 unspecified atom stereocenters. The van der Waals surface area contributed by atoms with Gasteiger partial charge in [0.15, 0.2) is 5.78 Å². The molecule has 1 saturated heterocycles. The van der Waals surface area contributed by atoms with E-state index in [2.05, 4.69) is 21.7 Å². The number of nitrogens with zero attached hydrogens (tertiary/aromatic N) is 4. The summed E-state index contributed by atoms with van der Waals surface area (Å²) in [5.74, 6) is -0.443. The second-order valence-corrected chi connectivity index (χ2v) is 8.38. The number of nitro groups is 1. The summed E-state index contributed by atoms with van der Waals surface area (Å²) in [4.78, 5) is 29.6. The highest BCUT2D eigenvalue weighted by Crippen LogP contribution is 2.35. The van der Waals surface area contributed by atoms with E-state index in [1.807, 2.05) is 13.0 Å². The van der Waals surface area contributed by atoms with Crippen molar-refractivity contribution in [3.63, 3.8) is 0 Å². The minimum Gasteiger partial charge on any atom is -0.367 e. The molecule has 4 rings (SSSR count).